The van der Waals surface area contributed by atoms with Crippen LogP contribution in [0.4, 0.5) is 0 Å². The molecule has 5 nitrogen and oxygen atoms in total. The predicted octanol–water partition coefficient (Wildman–Crippen LogP) is 1.95. The van der Waals surface area contributed by atoms with Crippen LogP contribution in [0.5, 0.6) is 0 Å². The molecule has 102 valence electrons. The molecule has 0 amide bonds. The van der Waals surface area contributed by atoms with Crippen molar-refractivity contribution in [1.29, 1.82) is 0 Å². The first-order chi connectivity index (χ1) is 9.22. The molecule has 0 bridgehead atoms. The number of likely N-dealkylation sites (N-methyl/N-ethyl adjacent to an activating group) is 1. The average molecular weight is 260 g/mol. The lowest BCUT2D eigenvalue weighted by atomic mass is 10.2. The van der Waals surface area contributed by atoms with Gasteiger partial charge in [0.1, 0.15) is 0 Å². The number of ether oxygens (including phenoxy) is 1. The van der Waals surface area contributed by atoms with E-state index in [0.717, 1.165) is 11.4 Å². The molecule has 0 fully saturated rings. The molecular weight excluding hydrogens is 240 g/mol. The molecule has 0 saturated carbocycles. The fourth-order valence-corrected chi connectivity index (χ4v) is 1.86. The highest BCUT2D eigenvalue weighted by atomic mass is 16.5. The molecule has 2 aromatic rings. The van der Waals surface area contributed by atoms with Crippen LogP contribution < -0.4 is 5.32 Å². The van der Waals surface area contributed by atoms with E-state index in [0.29, 0.717) is 6.61 Å². The molecule has 0 aliphatic carbocycles. The second-order valence-electron chi connectivity index (χ2n) is 4.63. The first-order valence-electron chi connectivity index (χ1n) is 6.47. The van der Waals surface area contributed by atoms with Crippen molar-refractivity contribution < 1.29 is 4.74 Å². The molecule has 19 heavy (non-hydrogen) atoms. The molecule has 1 aromatic heterocycles. The molecule has 5 heteroatoms. The quantitative estimate of drug-likeness (QED) is 0.862. The van der Waals surface area contributed by atoms with E-state index in [1.165, 1.54) is 0 Å². The third-order valence-electron chi connectivity index (χ3n) is 2.88. The molecule has 0 aliphatic rings. The maximum absolute atomic E-state index is 5.68. The Morgan fingerprint density at radius 3 is 2.63 bits per heavy atom. The Morgan fingerprint density at radius 1 is 1.26 bits per heavy atom. The second kappa shape index (κ2) is 6.45. The van der Waals surface area contributed by atoms with Crippen LogP contribution in [0.2, 0.25) is 0 Å². The molecule has 1 unspecified atom stereocenters. The summed E-state index contributed by atoms with van der Waals surface area (Å²) in [7, 11) is 1.91. The molecule has 1 aromatic carbocycles. The Bertz CT molecular complexity index is 495. The minimum atomic E-state index is 0.0672. The minimum Gasteiger partial charge on any atom is -0.377 e. The fourth-order valence-electron chi connectivity index (χ4n) is 1.86. The lowest BCUT2D eigenvalue weighted by Gasteiger charge is -2.18. The Labute approximate surface area is 113 Å². The van der Waals surface area contributed by atoms with Crippen LogP contribution in [0.15, 0.2) is 36.5 Å². The SMILES string of the molecule is CNC(COC(C)C)c1cnnn1-c1ccccc1. The molecule has 0 aliphatic heterocycles. The second-order valence-corrected chi connectivity index (χ2v) is 4.63. The van der Waals surface area contributed by atoms with E-state index in [-0.39, 0.29) is 12.1 Å². The normalized spacial score (nSPS) is 12.8. The largest absolute Gasteiger partial charge is 0.377 e. The predicted molar refractivity (Wildman–Crippen MR) is 74.2 cm³/mol. The van der Waals surface area contributed by atoms with Gasteiger partial charge in [0.2, 0.25) is 0 Å². The van der Waals surface area contributed by atoms with Crippen molar-refractivity contribution in [2.45, 2.75) is 26.0 Å². The highest BCUT2D eigenvalue weighted by molar-refractivity contribution is 5.32. The zero-order valence-corrected chi connectivity index (χ0v) is 11.6. The summed E-state index contributed by atoms with van der Waals surface area (Å²) < 4.78 is 7.52. The maximum Gasteiger partial charge on any atom is 0.0838 e. The molecule has 2 rings (SSSR count). The van der Waals surface area contributed by atoms with Gasteiger partial charge in [-0.2, -0.15) is 0 Å². The van der Waals surface area contributed by atoms with Crippen LogP contribution in [-0.2, 0) is 4.74 Å². The van der Waals surface area contributed by atoms with Crippen LogP contribution >= 0.6 is 0 Å². The number of rotatable bonds is 6. The molecule has 1 heterocycles. The van der Waals surface area contributed by atoms with Crippen molar-refractivity contribution in [3.8, 4) is 5.69 Å². The van der Waals surface area contributed by atoms with E-state index < -0.39 is 0 Å². The zero-order chi connectivity index (χ0) is 13.7. The van der Waals surface area contributed by atoms with Gasteiger partial charge in [0.15, 0.2) is 0 Å². The Hall–Kier alpha value is -1.72. The van der Waals surface area contributed by atoms with Gasteiger partial charge in [-0.3, -0.25) is 0 Å². The Balaban J connectivity index is 2.22. The fraction of sp³-hybridized carbons (Fsp3) is 0.429. The number of hydrogen-bond donors (Lipinski definition) is 1. The third-order valence-corrected chi connectivity index (χ3v) is 2.88. The Morgan fingerprint density at radius 2 is 2.00 bits per heavy atom. The van der Waals surface area contributed by atoms with Gasteiger partial charge in [-0.1, -0.05) is 23.4 Å². The summed E-state index contributed by atoms with van der Waals surface area (Å²) in [6.07, 6.45) is 1.98. The van der Waals surface area contributed by atoms with Crippen LogP contribution in [0.3, 0.4) is 0 Å². The number of nitrogens with zero attached hydrogens (tertiary/aromatic N) is 3. The van der Waals surface area contributed by atoms with Gasteiger partial charge < -0.3 is 10.1 Å². The average Bonchev–Trinajstić information content (AvgIpc) is 2.89. The van der Waals surface area contributed by atoms with Crippen LogP contribution in [-0.4, -0.2) is 34.8 Å². The van der Waals surface area contributed by atoms with E-state index in [9.17, 15) is 0 Å². The van der Waals surface area contributed by atoms with Crippen LogP contribution in [0.25, 0.3) is 5.69 Å². The number of hydrogen-bond acceptors (Lipinski definition) is 4. The van der Waals surface area contributed by atoms with Crippen molar-refractivity contribution in [3.05, 3.63) is 42.2 Å². The van der Waals surface area contributed by atoms with Crippen molar-refractivity contribution in [2.24, 2.45) is 0 Å². The summed E-state index contributed by atoms with van der Waals surface area (Å²) in [4.78, 5) is 0. The van der Waals surface area contributed by atoms with Crippen molar-refractivity contribution in [1.82, 2.24) is 20.3 Å². The van der Waals surface area contributed by atoms with Gasteiger partial charge >= 0.3 is 0 Å². The monoisotopic (exact) mass is 260 g/mol. The van der Waals surface area contributed by atoms with Crippen molar-refractivity contribution in [2.75, 3.05) is 13.7 Å². The summed E-state index contributed by atoms with van der Waals surface area (Å²) in [6.45, 7) is 4.65. The lowest BCUT2D eigenvalue weighted by molar-refractivity contribution is 0.0614. The summed E-state index contributed by atoms with van der Waals surface area (Å²) in [5.41, 5.74) is 1.99. The van der Waals surface area contributed by atoms with Gasteiger partial charge in [-0.15, -0.1) is 5.10 Å². The molecule has 0 spiro atoms. The molecular formula is C14H20N4O. The molecule has 0 saturated heterocycles. The summed E-state index contributed by atoms with van der Waals surface area (Å²) in [5.74, 6) is 0. The van der Waals surface area contributed by atoms with Crippen molar-refractivity contribution in [3.63, 3.8) is 0 Å². The van der Waals surface area contributed by atoms with Gasteiger partial charge in [0.25, 0.3) is 0 Å². The molecule has 1 atom stereocenters. The Kier molecular flexibility index (Phi) is 4.65. The van der Waals surface area contributed by atoms with E-state index >= 15 is 0 Å². The van der Waals surface area contributed by atoms with Gasteiger partial charge in [-0.25, -0.2) is 4.68 Å². The van der Waals surface area contributed by atoms with E-state index in [1.807, 2.05) is 55.9 Å². The van der Waals surface area contributed by atoms with Gasteiger partial charge in [0.05, 0.1) is 36.3 Å². The number of para-hydroxylation sites is 1. The van der Waals surface area contributed by atoms with E-state index in [4.69, 9.17) is 4.74 Å². The van der Waals surface area contributed by atoms with Crippen molar-refractivity contribution >= 4 is 0 Å². The van der Waals surface area contributed by atoms with E-state index in [1.54, 1.807) is 6.20 Å². The van der Waals surface area contributed by atoms with Crippen LogP contribution in [0, 0.1) is 0 Å². The summed E-state index contributed by atoms with van der Waals surface area (Å²) in [6, 6.07) is 10.0. The first-order valence-corrected chi connectivity index (χ1v) is 6.47. The van der Waals surface area contributed by atoms with Gasteiger partial charge in [0, 0.05) is 0 Å². The summed E-state index contributed by atoms with van der Waals surface area (Å²) in [5, 5.41) is 11.4. The van der Waals surface area contributed by atoms with Gasteiger partial charge in [-0.05, 0) is 33.0 Å². The highest BCUT2D eigenvalue weighted by Gasteiger charge is 2.17. The highest BCUT2D eigenvalue weighted by Crippen LogP contribution is 2.16. The van der Waals surface area contributed by atoms with Crippen LogP contribution in [0.1, 0.15) is 25.6 Å². The topological polar surface area (TPSA) is 52.0 Å². The number of benzene rings is 1. The molecule has 1 N–H and O–H groups in total. The number of aromatic nitrogens is 3. The minimum absolute atomic E-state index is 0.0672. The number of nitrogens with one attached hydrogen (secondary N) is 1. The third kappa shape index (κ3) is 3.39. The zero-order valence-electron chi connectivity index (χ0n) is 11.6. The maximum atomic E-state index is 5.68. The smallest absolute Gasteiger partial charge is 0.0838 e. The summed E-state index contributed by atoms with van der Waals surface area (Å²) >= 11 is 0. The lowest BCUT2D eigenvalue weighted by Crippen LogP contribution is -2.25. The first kappa shape index (κ1) is 13.7. The molecule has 0 radical (unpaired) electrons. The van der Waals surface area contributed by atoms with E-state index in [2.05, 4.69) is 15.6 Å². The standard InChI is InChI=1S/C14H20N4O/c1-11(2)19-10-13(15-3)14-9-16-17-18(14)12-7-5-4-6-8-12/h4-9,11,13,15H,10H2,1-3H3.